The summed E-state index contributed by atoms with van der Waals surface area (Å²) in [6.07, 6.45) is -4.38. The average molecular weight is 541 g/mol. The van der Waals surface area contributed by atoms with E-state index in [-0.39, 0.29) is 23.9 Å². The highest BCUT2D eigenvalue weighted by Crippen LogP contribution is 2.37. The number of fused-ring (bicyclic) bond motifs is 1. The number of aromatic nitrogens is 2. The maximum atomic E-state index is 13.2. The van der Waals surface area contributed by atoms with Crippen molar-refractivity contribution in [3.8, 4) is 22.1 Å². The van der Waals surface area contributed by atoms with Gasteiger partial charge in [0.15, 0.2) is 11.5 Å². The number of nitrogens with zero attached hydrogens (tertiary/aromatic N) is 2. The van der Waals surface area contributed by atoms with Crippen LogP contribution in [0.4, 0.5) is 18.3 Å². The Balaban J connectivity index is 1.32. The lowest BCUT2D eigenvalue weighted by atomic mass is 10.0. The van der Waals surface area contributed by atoms with Crippen molar-refractivity contribution in [3.05, 3.63) is 89.5 Å². The number of benzene rings is 3. The van der Waals surface area contributed by atoms with Crippen LogP contribution in [0.1, 0.15) is 21.5 Å². The van der Waals surface area contributed by atoms with Gasteiger partial charge in [-0.2, -0.15) is 13.2 Å². The number of ether oxygens (including phenoxy) is 2. The minimum atomic E-state index is -4.52. The number of amides is 2. The number of rotatable bonds is 7. The zero-order valence-electron chi connectivity index (χ0n) is 19.5. The van der Waals surface area contributed by atoms with Crippen molar-refractivity contribution < 1.29 is 32.2 Å². The summed E-state index contributed by atoms with van der Waals surface area (Å²) < 4.78 is 49.3. The number of anilines is 1. The lowest BCUT2D eigenvalue weighted by Gasteiger charge is -2.18. The van der Waals surface area contributed by atoms with Gasteiger partial charge in [-0.05, 0) is 48.0 Å². The van der Waals surface area contributed by atoms with Crippen LogP contribution in [0, 0.1) is 0 Å². The van der Waals surface area contributed by atoms with Crippen LogP contribution in [-0.2, 0) is 17.4 Å². The summed E-state index contributed by atoms with van der Waals surface area (Å²) in [4.78, 5) is 26.0. The van der Waals surface area contributed by atoms with E-state index in [1.165, 1.54) is 0 Å². The minimum Gasteiger partial charge on any atom is -0.454 e. The molecule has 5 rings (SSSR count). The van der Waals surface area contributed by atoms with E-state index in [2.05, 4.69) is 20.8 Å². The van der Waals surface area contributed by atoms with Gasteiger partial charge in [-0.1, -0.05) is 41.7 Å². The van der Waals surface area contributed by atoms with Crippen LogP contribution in [-0.4, -0.2) is 34.8 Å². The summed E-state index contributed by atoms with van der Waals surface area (Å²) in [5.41, 5.74) is 0.620. The highest BCUT2D eigenvalue weighted by Gasteiger charge is 2.30. The van der Waals surface area contributed by atoms with Crippen molar-refractivity contribution in [1.29, 1.82) is 0 Å². The molecule has 1 aliphatic rings. The SMILES string of the molecule is O=C(NC(Cc1ccccc1)C(=O)Nc1nnc(-c2ccc3c(c2)OCO3)s1)c1ccc(C(F)(F)F)cc1. The largest absolute Gasteiger partial charge is 0.454 e. The Morgan fingerprint density at radius 3 is 2.42 bits per heavy atom. The molecule has 1 unspecified atom stereocenters. The molecule has 0 saturated carbocycles. The Bertz CT molecular complexity index is 1460. The molecule has 1 atom stereocenters. The fraction of sp³-hybridized carbons (Fsp3) is 0.154. The Labute approximate surface area is 218 Å². The average Bonchev–Trinajstić information content (AvgIpc) is 3.57. The molecule has 0 radical (unpaired) electrons. The van der Waals surface area contributed by atoms with E-state index in [1.54, 1.807) is 42.5 Å². The fourth-order valence-electron chi connectivity index (χ4n) is 3.72. The molecule has 2 N–H and O–H groups in total. The first-order valence-corrected chi connectivity index (χ1v) is 12.1. The number of hydrogen-bond donors (Lipinski definition) is 2. The fourth-order valence-corrected chi connectivity index (χ4v) is 4.47. The standard InChI is InChI=1S/C26H19F3N4O4S/c27-26(28,29)18-9-6-16(7-10-18)22(34)30-19(12-15-4-2-1-3-5-15)23(35)31-25-33-32-24(38-25)17-8-11-20-21(13-17)37-14-36-20/h1-11,13,19H,12,14H2,(H,30,34)(H,31,33,35). The molecule has 0 bridgehead atoms. The number of carbonyl (C=O) groups is 2. The molecule has 2 heterocycles. The molecular formula is C26H19F3N4O4S. The number of nitrogens with one attached hydrogen (secondary N) is 2. The monoisotopic (exact) mass is 540 g/mol. The van der Waals surface area contributed by atoms with Crippen LogP contribution in [0.2, 0.25) is 0 Å². The van der Waals surface area contributed by atoms with Crippen LogP contribution in [0.5, 0.6) is 11.5 Å². The van der Waals surface area contributed by atoms with Gasteiger partial charge in [-0.15, -0.1) is 10.2 Å². The molecule has 2 amide bonds. The Morgan fingerprint density at radius 2 is 1.68 bits per heavy atom. The molecule has 194 valence electrons. The lowest BCUT2D eigenvalue weighted by Crippen LogP contribution is -2.45. The molecule has 0 saturated heterocycles. The second-order valence-corrected chi connectivity index (χ2v) is 9.24. The second kappa shape index (κ2) is 10.5. The van der Waals surface area contributed by atoms with Crippen LogP contribution in [0.25, 0.3) is 10.6 Å². The molecule has 4 aromatic rings. The Hall–Kier alpha value is -4.45. The minimum absolute atomic E-state index is 0.00938. The first-order valence-electron chi connectivity index (χ1n) is 11.3. The number of halogens is 3. The quantitative estimate of drug-likeness (QED) is 0.345. The van der Waals surface area contributed by atoms with Gasteiger partial charge in [0, 0.05) is 17.5 Å². The highest BCUT2D eigenvalue weighted by atomic mass is 32.1. The van der Waals surface area contributed by atoms with Crippen LogP contribution in [0.3, 0.4) is 0 Å². The Kier molecular flexibility index (Phi) is 6.97. The molecular weight excluding hydrogens is 521 g/mol. The zero-order chi connectivity index (χ0) is 26.7. The lowest BCUT2D eigenvalue weighted by molar-refractivity contribution is -0.137. The maximum Gasteiger partial charge on any atom is 0.416 e. The van der Waals surface area contributed by atoms with E-state index in [0.717, 1.165) is 46.7 Å². The third-order valence-corrected chi connectivity index (χ3v) is 6.54. The van der Waals surface area contributed by atoms with Gasteiger partial charge in [-0.25, -0.2) is 0 Å². The van der Waals surface area contributed by atoms with Gasteiger partial charge in [0.2, 0.25) is 17.8 Å². The molecule has 0 fully saturated rings. The molecule has 38 heavy (non-hydrogen) atoms. The molecule has 8 nitrogen and oxygen atoms in total. The molecule has 0 aliphatic carbocycles. The maximum absolute atomic E-state index is 13.2. The third kappa shape index (κ3) is 5.75. The van der Waals surface area contributed by atoms with Gasteiger partial charge >= 0.3 is 6.18 Å². The van der Waals surface area contributed by atoms with E-state index in [9.17, 15) is 22.8 Å². The topological polar surface area (TPSA) is 102 Å². The van der Waals surface area contributed by atoms with E-state index in [0.29, 0.717) is 16.5 Å². The number of hydrogen-bond acceptors (Lipinski definition) is 7. The summed E-state index contributed by atoms with van der Waals surface area (Å²) in [5.74, 6) is -0.0351. The van der Waals surface area contributed by atoms with Crippen molar-refractivity contribution in [2.24, 2.45) is 0 Å². The van der Waals surface area contributed by atoms with Crippen molar-refractivity contribution in [2.45, 2.75) is 18.6 Å². The molecule has 0 spiro atoms. The van der Waals surface area contributed by atoms with Crippen molar-refractivity contribution >= 4 is 28.3 Å². The summed E-state index contributed by atoms with van der Waals surface area (Å²) in [6.45, 7) is 0.136. The predicted molar refractivity (Wildman–Crippen MR) is 133 cm³/mol. The zero-order valence-corrected chi connectivity index (χ0v) is 20.3. The summed E-state index contributed by atoms with van der Waals surface area (Å²) >= 11 is 1.13. The van der Waals surface area contributed by atoms with Crippen LogP contribution >= 0.6 is 11.3 Å². The normalized spacial score (nSPS) is 13.1. The second-order valence-electron chi connectivity index (χ2n) is 8.26. The number of alkyl halides is 3. The van der Waals surface area contributed by atoms with Gasteiger partial charge in [-0.3, -0.25) is 14.9 Å². The van der Waals surface area contributed by atoms with E-state index < -0.39 is 29.6 Å². The number of carbonyl (C=O) groups excluding carboxylic acids is 2. The first-order chi connectivity index (χ1) is 18.3. The third-order valence-electron chi connectivity index (χ3n) is 5.65. The van der Waals surface area contributed by atoms with Crippen molar-refractivity contribution in [3.63, 3.8) is 0 Å². The van der Waals surface area contributed by atoms with Crippen LogP contribution < -0.4 is 20.1 Å². The molecule has 12 heteroatoms. The highest BCUT2D eigenvalue weighted by molar-refractivity contribution is 7.18. The van der Waals surface area contributed by atoms with Crippen molar-refractivity contribution in [2.75, 3.05) is 12.1 Å². The molecule has 3 aromatic carbocycles. The summed E-state index contributed by atoms with van der Waals surface area (Å²) in [6, 6.07) is 17.1. The molecule has 1 aliphatic heterocycles. The molecule has 1 aromatic heterocycles. The summed E-state index contributed by atoms with van der Waals surface area (Å²) in [7, 11) is 0. The van der Waals surface area contributed by atoms with E-state index >= 15 is 0 Å². The van der Waals surface area contributed by atoms with E-state index in [4.69, 9.17) is 9.47 Å². The first kappa shape index (κ1) is 25.2. The Morgan fingerprint density at radius 1 is 0.947 bits per heavy atom. The van der Waals surface area contributed by atoms with Crippen molar-refractivity contribution in [1.82, 2.24) is 15.5 Å². The van der Waals surface area contributed by atoms with Gasteiger partial charge in [0.05, 0.1) is 5.56 Å². The predicted octanol–water partition coefficient (Wildman–Crippen LogP) is 4.93. The van der Waals surface area contributed by atoms with Gasteiger partial charge in [0.25, 0.3) is 5.91 Å². The van der Waals surface area contributed by atoms with Gasteiger partial charge < -0.3 is 14.8 Å². The van der Waals surface area contributed by atoms with E-state index in [1.807, 2.05) is 6.07 Å². The van der Waals surface area contributed by atoms with Gasteiger partial charge in [0.1, 0.15) is 11.0 Å². The van der Waals surface area contributed by atoms with Crippen LogP contribution in [0.15, 0.2) is 72.8 Å². The summed E-state index contributed by atoms with van der Waals surface area (Å²) in [5, 5.41) is 14.2. The smallest absolute Gasteiger partial charge is 0.416 e.